The maximum absolute atomic E-state index is 15.0. The molecule has 0 aliphatic carbocycles. The lowest BCUT2D eigenvalue weighted by Crippen LogP contribution is -2.15. The van der Waals surface area contributed by atoms with Crippen molar-refractivity contribution >= 4 is 33.6 Å². The van der Waals surface area contributed by atoms with Crippen molar-refractivity contribution in [2.75, 3.05) is 40.6 Å². The summed E-state index contributed by atoms with van der Waals surface area (Å²) in [4.78, 5) is 15.8. The predicted octanol–water partition coefficient (Wildman–Crippen LogP) is 4.72. The molecule has 178 valence electrons. The first-order valence-corrected chi connectivity index (χ1v) is 11.8. The zero-order chi connectivity index (χ0) is 24.4. The average molecular weight is 483 g/mol. The number of fused-ring (bicyclic) bond motifs is 2. The monoisotopic (exact) mass is 482 g/mol. The van der Waals surface area contributed by atoms with Crippen LogP contribution in [0.25, 0.3) is 21.8 Å². The summed E-state index contributed by atoms with van der Waals surface area (Å²) in [6.07, 6.45) is 0. The molecule has 6 nitrogen and oxygen atoms in total. The fraction of sp³-hybridized carbons (Fsp3) is 0.269. The van der Waals surface area contributed by atoms with E-state index in [0.717, 1.165) is 23.4 Å². The second-order valence-electron chi connectivity index (χ2n) is 8.23. The normalized spacial score (nSPS) is 11.5. The van der Waals surface area contributed by atoms with Gasteiger partial charge in [-0.05, 0) is 56.1 Å². The van der Waals surface area contributed by atoms with Gasteiger partial charge in [0.2, 0.25) is 5.75 Å². The van der Waals surface area contributed by atoms with Crippen molar-refractivity contribution in [2.24, 2.45) is 0 Å². The van der Waals surface area contributed by atoms with Gasteiger partial charge in [-0.2, -0.15) is 0 Å². The van der Waals surface area contributed by atoms with E-state index in [2.05, 4.69) is 0 Å². The van der Waals surface area contributed by atoms with Crippen LogP contribution in [0.2, 0.25) is 0 Å². The summed E-state index contributed by atoms with van der Waals surface area (Å²) in [7, 11) is 6.90. The number of phenolic OH excluding ortho intramolecular Hbond substituents is 1. The van der Waals surface area contributed by atoms with E-state index >= 15 is 0 Å². The van der Waals surface area contributed by atoms with Crippen LogP contribution in [0.1, 0.15) is 5.56 Å². The number of aromatic nitrogens is 1. The highest BCUT2D eigenvalue weighted by molar-refractivity contribution is 7.99. The molecule has 8 heteroatoms. The molecule has 34 heavy (non-hydrogen) atoms. The van der Waals surface area contributed by atoms with Crippen molar-refractivity contribution in [3.63, 3.8) is 0 Å². The smallest absolute Gasteiger partial charge is 0.200 e. The van der Waals surface area contributed by atoms with Gasteiger partial charge in [0.15, 0.2) is 16.9 Å². The quantitative estimate of drug-likeness (QED) is 0.290. The molecule has 4 rings (SSSR count). The zero-order valence-corrected chi connectivity index (χ0v) is 20.4. The number of benzene rings is 3. The van der Waals surface area contributed by atoms with Crippen molar-refractivity contribution in [1.82, 2.24) is 9.47 Å². The van der Waals surface area contributed by atoms with Crippen LogP contribution in [0.5, 0.6) is 17.2 Å². The molecule has 0 amide bonds. The van der Waals surface area contributed by atoms with Gasteiger partial charge in [-0.15, -0.1) is 11.8 Å². The Kier molecular flexibility index (Phi) is 7.00. The molecule has 0 saturated heterocycles. The minimum atomic E-state index is -0.400. The molecule has 0 bridgehead atoms. The Labute approximate surface area is 201 Å². The summed E-state index contributed by atoms with van der Waals surface area (Å²) >= 11 is 1.43. The van der Waals surface area contributed by atoms with Crippen molar-refractivity contribution in [2.45, 2.75) is 11.4 Å². The molecule has 0 aliphatic heterocycles. The van der Waals surface area contributed by atoms with Crippen LogP contribution in [0.3, 0.4) is 0 Å². The third-order valence-electron chi connectivity index (χ3n) is 5.70. The fourth-order valence-electron chi connectivity index (χ4n) is 3.96. The molecule has 0 unspecified atom stereocenters. The summed E-state index contributed by atoms with van der Waals surface area (Å²) in [6, 6.07) is 13.9. The van der Waals surface area contributed by atoms with E-state index in [-0.39, 0.29) is 22.7 Å². The van der Waals surface area contributed by atoms with Gasteiger partial charge in [0.05, 0.1) is 25.3 Å². The van der Waals surface area contributed by atoms with E-state index in [1.165, 1.54) is 32.0 Å². The highest BCUT2D eigenvalue weighted by Gasteiger charge is 2.17. The van der Waals surface area contributed by atoms with Gasteiger partial charge < -0.3 is 24.0 Å². The third kappa shape index (κ3) is 4.56. The van der Waals surface area contributed by atoms with Crippen LogP contribution in [0.4, 0.5) is 4.39 Å². The maximum Gasteiger partial charge on any atom is 0.200 e. The Bertz CT molecular complexity index is 1390. The predicted molar refractivity (Wildman–Crippen MR) is 135 cm³/mol. The summed E-state index contributed by atoms with van der Waals surface area (Å²) in [6.45, 7) is 1.16. The third-order valence-corrected chi connectivity index (χ3v) is 6.71. The Hall–Kier alpha value is -3.23. The molecule has 0 fully saturated rings. The fourth-order valence-corrected chi connectivity index (χ4v) is 5.03. The lowest BCUT2D eigenvalue weighted by Gasteiger charge is -2.18. The number of nitrogens with zero attached hydrogens (tertiary/aromatic N) is 2. The molecule has 1 N–H and O–H groups in total. The number of halogens is 1. The lowest BCUT2D eigenvalue weighted by molar-refractivity contribution is 0.339. The summed E-state index contributed by atoms with van der Waals surface area (Å²) in [5.41, 5.74) is 1.98. The van der Waals surface area contributed by atoms with Crippen LogP contribution < -0.4 is 14.9 Å². The van der Waals surface area contributed by atoms with Crippen LogP contribution in [-0.4, -0.2) is 55.2 Å². The van der Waals surface area contributed by atoms with Gasteiger partial charge in [0.1, 0.15) is 5.82 Å². The largest absolute Gasteiger partial charge is 0.502 e. The number of thioether (sulfide) groups is 1. The molecule has 0 spiro atoms. The molecule has 1 heterocycles. The maximum atomic E-state index is 15.0. The number of hydrogen-bond acceptors (Lipinski definition) is 6. The Morgan fingerprint density at radius 3 is 2.32 bits per heavy atom. The van der Waals surface area contributed by atoms with Crippen LogP contribution in [-0.2, 0) is 6.54 Å². The Balaban J connectivity index is 1.93. The minimum Gasteiger partial charge on any atom is -0.502 e. The van der Waals surface area contributed by atoms with E-state index in [9.17, 15) is 14.3 Å². The molecule has 4 aromatic rings. The first kappa shape index (κ1) is 23.9. The van der Waals surface area contributed by atoms with E-state index in [1.54, 1.807) is 30.3 Å². The van der Waals surface area contributed by atoms with Crippen molar-refractivity contribution in [3.05, 3.63) is 70.1 Å². The lowest BCUT2D eigenvalue weighted by atomic mass is 10.1. The number of pyridine rings is 1. The second kappa shape index (κ2) is 9.95. The number of aromatic hydroxyl groups is 1. The van der Waals surface area contributed by atoms with E-state index in [0.29, 0.717) is 27.7 Å². The first-order chi connectivity index (χ1) is 16.3. The Morgan fingerprint density at radius 2 is 1.68 bits per heavy atom. The van der Waals surface area contributed by atoms with Crippen LogP contribution >= 0.6 is 11.8 Å². The highest BCUT2D eigenvalue weighted by Crippen LogP contribution is 2.38. The number of hydrogen-bond donors (Lipinski definition) is 1. The van der Waals surface area contributed by atoms with E-state index in [1.807, 2.05) is 35.7 Å². The number of methoxy groups -OCH3 is 2. The van der Waals surface area contributed by atoms with Gasteiger partial charge >= 0.3 is 0 Å². The minimum absolute atomic E-state index is 0.0787. The highest BCUT2D eigenvalue weighted by atomic mass is 32.2. The summed E-state index contributed by atoms with van der Waals surface area (Å²) in [5, 5.41) is 11.1. The van der Waals surface area contributed by atoms with Crippen molar-refractivity contribution < 1.29 is 19.0 Å². The van der Waals surface area contributed by atoms with Crippen molar-refractivity contribution in [1.29, 1.82) is 0 Å². The van der Waals surface area contributed by atoms with Gasteiger partial charge in [0, 0.05) is 34.5 Å². The van der Waals surface area contributed by atoms with E-state index in [4.69, 9.17) is 9.47 Å². The first-order valence-electron chi connectivity index (χ1n) is 10.8. The number of rotatable bonds is 8. The molecular formula is C26H27FN2O4S. The van der Waals surface area contributed by atoms with Gasteiger partial charge in [-0.25, -0.2) is 4.39 Å². The molecule has 0 aliphatic rings. The number of ether oxygens (including phenoxy) is 2. The van der Waals surface area contributed by atoms with Gasteiger partial charge in [0.25, 0.3) is 0 Å². The number of para-hydroxylation sites is 1. The molecule has 0 saturated carbocycles. The van der Waals surface area contributed by atoms with Gasteiger partial charge in [-0.1, -0.05) is 12.1 Å². The number of phenols is 1. The molecular weight excluding hydrogens is 455 g/mol. The summed E-state index contributed by atoms with van der Waals surface area (Å²) in [5.74, 6) is 0.817. The molecule has 0 atom stereocenters. The SMILES string of the molecule is COc1cc(Cn2c3ccccc3c(=O)c3cc(F)c(SCCN(C)C)cc32)cc(OC)c1O. The second-order valence-corrected chi connectivity index (χ2v) is 9.37. The molecule has 0 radical (unpaired) electrons. The van der Waals surface area contributed by atoms with Crippen molar-refractivity contribution in [3.8, 4) is 17.2 Å². The molecule has 3 aromatic carbocycles. The topological polar surface area (TPSA) is 63.9 Å². The Morgan fingerprint density at radius 1 is 1.00 bits per heavy atom. The summed E-state index contributed by atoms with van der Waals surface area (Å²) < 4.78 is 27.6. The van der Waals surface area contributed by atoms with Crippen LogP contribution in [0.15, 0.2) is 58.2 Å². The average Bonchev–Trinajstić information content (AvgIpc) is 2.83. The standard InChI is InChI=1S/C26H27FN2O4S/c1-28(2)9-10-34-24-14-21-18(13-19(24)27)25(30)17-7-5-6-8-20(17)29(21)15-16-11-22(32-3)26(31)23(12-16)33-4/h5-8,11-14,31H,9-10,15H2,1-4H3. The van der Waals surface area contributed by atoms with Crippen LogP contribution in [0, 0.1) is 5.82 Å². The molecule has 1 aromatic heterocycles. The van der Waals surface area contributed by atoms with Gasteiger partial charge in [-0.3, -0.25) is 4.79 Å². The van der Waals surface area contributed by atoms with E-state index < -0.39 is 5.82 Å². The zero-order valence-electron chi connectivity index (χ0n) is 19.6.